The van der Waals surface area contributed by atoms with Gasteiger partial charge in [0, 0.05) is 36.0 Å². The second-order valence-electron chi connectivity index (χ2n) is 3.33. The van der Waals surface area contributed by atoms with E-state index < -0.39 is 0 Å². The van der Waals surface area contributed by atoms with Gasteiger partial charge >= 0.3 is 0 Å². The Hall–Kier alpha value is -0.570. The smallest absolute Gasteiger partial charge is 0.0400 e. The highest BCUT2D eigenvalue weighted by Gasteiger charge is 2.04. The van der Waals surface area contributed by atoms with E-state index in [4.69, 9.17) is 0 Å². The Labute approximate surface area is 94.5 Å². The molecule has 0 bridgehead atoms. The molecular formula is C11H17BrN2. The maximum absolute atomic E-state index is 4.20. The molecule has 0 aliphatic rings. The summed E-state index contributed by atoms with van der Waals surface area (Å²) >= 11 is 3.48. The molecule has 1 aromatic heterocycles. The van der Waals surface area contributed by atoms with Crippen molar-refractivity contribution in [1.29, 1.82) is 0 Å². The predicted octanol–water partition coefficient (Wildman–Crippen LogP) is 3.00. The van der Waals surface area contributed by atoms with Gasteiger partial charge in [-0.1, -0.05) is 22.9 Å². The molecule has 1 aromatic rings. The summed E-state index contributed by atoms with van der Waals surface area (Å²) in [5.74, 6) is 0. The fourth-order valence-corrected chi connectivity index (χ4v) is 1.90. The van der Waals surface area contributed by atoms with Crippen LogP contribution in [0.2, 0.25) is 0 Å². The lowest BCUT2D eigenvalue weighted by Gasteiger charge is -2.23. The molecule has 78 valence electrons. The van der Waals surface area contributed by atoms with E-state index in [9.17, 15) is 0 Å². The summed E-state index contributed by atoms with van der Waals surface area (Å²) in [4.78, 5) is 6.58. The quantitative estimate of drug-likeness (QED) is 0.754. The van der Waals surface area contributed by atoms with E-state index in [1.54, 1.807) is 0 Å². The lowest BCUT2D eigenvalue weighted by atomic mass is 10.3. The summed E-state index contributed by atoms with van der Waals surface area (Å²) in [6.07, 6.45) is 3.05. The van der Waals surface area contributed by atoms with E-state index >= 15 is 0 Å². The molecule has 0 saturated carbocycles. The number of nitrogens with zero attached hydrogens (tertiary/aromatic N) is 2. The summed E-state index contributed by atoms with van der Waals surface area (Å²) in [5, 5.41) is 1.01. The number of pyridine rings is 1. The van der Waals surface area contributed by atoms with Gasteiger partial charge in [-0.3, -0.25) is 4.98 Å². The van der Waals surface area contributed by atoms with Crippen LogP contribution in [-0.4, -0.2) is 23.4 Å². The summed E-state index contributed by atoms with van der Waals surface area (Å²) in [6.45, 7) is 6.39. The summed E-state index contributed by atoms with van der Waals surface area (Å²) in [6, 6.07) is 4.21. The molecule has 0 spiro atoms. The van der Waals surface area contributed by atoms with Gasteiger partial charge in [0.05, 0.1) is 0 Å². The van der Waals surface area contributed by atoms with Crippen molar-refractivity contribution in [2.24, 2.45) is 0 Å². The number of aryl methyl sites for hydroxylation is 1. The van der Waals surface area contributed by atoms with Crippen LogP contribution in [-0.2, 0) is 0 Å². The topological polar surface area (TPSA) is 16.1 Å². The van der Waals surface area contributed by atoms with Crippen molar-refractivity contribution in [1.82, 2.24) is 4.98 Å². The van der Waals surface area contributed by atoms with Crippen LogP contribution in [0.25, 0.3) is 0 Å². The van der Waals surface area contributed by atoms with Gasteiger partial charge in [0.25, 0.3) is 0 Å². The third kappa shape index (κ3) is 3.29. The van der Waals surface area contributed by atoms with Crippen LogP contribution in [0, 0.1) is 6.92 Å². The molecule has 0 atom stereocenters. The Morgan fingerprint density at radius 3 is 2.79 bits per heavy atom. The summed E-state index contributed by atoms with van der Waals surface area (Å²) in [5.41, 5.74) is 2.36. The van der Waals surface area contributed by atoms with E-state index in [2.05, 4.69) is 44.9 Å². The largest absolute Gasteiger partial charge is 0.371 e. The summed E-state index contributed by atoms with van der Waals surface area (Å²) in [7, 11) is 0. The minimum Gasteiger partial charge on any atom is -0.371 e. The van der Waals surface area contributed by atoms with E-state index in [1.807, 2.05) is 13.1 Å². The van der Waals surface area contributed by atoms with Crippen molar-refractivity contribution in [3.63, 3.8) is 0 Å². The first-order valence-electron chi connectivity index (χ1n) is 5.01. The Morgan fingerprint density at radius 1 is 1.43 bits per heavy atom. The molecule has 0 radical (unpaired) electrons. The second kappa shape index (κ2) is 6.02. The van der Waals surface area contributed by atoms with Crippen molar-refractivity contribution in [2.75, 3.05) is 23.3 Å². The van der Waals surface area contributed by atoms with Gasteiger partial charge in [-0.15, -0.1) is 0 Å². The molecule has 1 heterocycles. The van der Waals surface area contributed by atoms with Gasteiger partial charge in [-0.2, -0.15) is 0 Å². The molecule has 0 unspecified atom stereocenters. The molecular weight excluding hydrogens is 240 g/mol. The molecule has 0 fully saturated rings. The SMILES string of the molecule is CCCN(CCBr)c1ccnc(C)c1. The molecule has 2 nitrogen and oxygen atoms in total. The zero-order valence-corrected chi connectivity index (χ0v) is 10.4. The standard InChI is InChI=1S/C11H17BrN2/c1-3-7-14(8-5-12)11-4-6-13-10(2)9-11/h4,6,9H,3,5,7-8H2,1-2H3. The van der Waals surface area contributed by atoms with E-state index in [0.717, 1.165) is 24.1 Å². The van der Waals surface area contributed by atoms with Crippen molar-refractivity contribution in [2.45, 2.75) is 20.3 Å². The van der Waals surface area contributed by atoms with Crippen LogP contribution in [0.1, 0.15) is 19.0 Å². The van der Waals surface area contributed by atoms with Crippen LogP contribution in [0.5, 0.6) is 0 Å². The molecule has 0 amide bonds. The van der Waals surface area contributed by atoms with E-state index in [-0.39, 0.29) is 0 Å². The molecule has 0 aromatic carbocycles. The number of hydrogen-bond donors (Lipinski definition) is 0. The van der Waals surface area contributed by atoms with Crippen molar-refractivity contribution >= 4 is 21.6 Å². The maximum atomic E-state index is 4.20. The lowest BCUT2D eigenvalue weighted by molar-refractivity contribution is 0.796. The van der Waals surface area contributed by atoms with Crippen LogP contribution < -0.4 is 4.90 Å². The lowest BCUT2D eigenvalue weighted by Crippen LogP contribution is -2.26. The Kier molecular flexibility index (Phi) is 4.94. The number of hydrogen-bond acceptors (Lipinski definition) is 2. The third-order valence-corrected chi connectivity index (χ3v) is 2.45. The number of rotatable bonds is 5. The minimum absolute atomic E-state index is 1.01. The minimum atomic E-state index is 1.01. The molecule has 3 heteroatoms. The van der Waals surface area contributed by atoms with Gasteiger partial charge in [0.15, 0.2) is 0 Å². The highest BCUT2D eigenvalue weighted by atomic mass is 79.9. The Balaban J connectivity index is 2.75. The monoisotopic (exact) mass is 256 g/mol. The zero-order chi connectivity index (χ0) is 10.4. The highest BCUT2D eigenvalue weighted by Crippen LogP contribution is 2.14. The first-order valence-corrected chi connectivity index (χ1v) is 6.13. The van der Waals surface area contributed by atoms with Gasteiger partial charge in [0.2, 0.25) is 0 Å². The Morgan fingerprint density at radius 2 is 2.21 bits per heavy atom. The third-order valence-electron chi connectivity index (χ3n) is 2.09. The van der Waals surface area contributed by atoms with E-state index in [1.165, 1.54) is 12.1 Å². The maximum Gasteiger partial charge on any atom is 0.0400 e. The first kappa shape index (κ1) is 11.5. The molecule has 1 rings (SSSR count). The van der Waals surface area contributed by atoms with Crippen LogP contribution in [0.3, 0.4) is 0 Å². The number of alkyl halides is 1. The molecule has 0 N–H and O–H groups in total. The van der Waals surface area contributed by atoms with Crippen LogP contribution in [0.4, 0.5) is 5.69 Å². The van der Waals surface area contributed by atoms with Gasteiger partial charge in [-0.25, -0.2) is 0 Å². The van der Waals surface area contributed by atoms with Crippen LogP contribution in [0.15, 0.2) is 18.3 Å². The fraction of sp³-hybridized carbons (Fsp3) is 0.545. The zero-order valence-electron chi connectivity index (χ0n) is 8.83. The number of halogens is 1. The second-order valence-corrected chi connectivity index (χ2v) is 4.12. The molecule has 0 aliphatic carbocycles. The predicted molar refractivity (Wildman–Crippen MR) is 65.3 cm³/mol. The molecule has 0 saturated heterocycles. The van der Waals surface area contributed by atoms with Crippen molar-refractivity contribution < 1.29 is 0 Å². The normalized spacial score (nSPS) is 10.2. The average Bonchev–Trinajstić information content (AvgIpc) is 2.17. The average molecular weight is 257 g/mol. The van der Waals surface area contributed by atoms with Gasteiger partial charge in [-0.05, 0) is 25.5 Å². The van der Waals surface area contributed by atoms with Gasteiger partial charge in [0.1, 0.15) is 0 Å². The van der Waals surface area contributed by atoms with Crippen molar-refractivity contribution in [3.8, 4) is 0 Å². The fourth-order valence-electron chi connectivity index (χ4n) is 1.47. The summed E-state index contributed by atoms with van der Waals surface area (Å²) < 4.78 is 0. The van der Waals surface area contributed by atoms with Crippen molar-refractivity contribution in [3.05, 3.63) is 24.0 Å². The number of anilines is 1. The Bertz CT molecular complexity index is 270. The molecule has 14 heavy (non-hydrogen) atoms. The van der Waals surface area contributed by atoms with Gasteiger partial charge < -0.3 is 4.90 Å². The van der Waals surface area contributed by atoms with E-state index in [0.29, 0.717) is 0 Å². The van der Waals surface area contributed by atoms with Crippen LogP contribution >= 0.6 is 15.9 Å². The number of aromatic nitrogens is 1. The highest BCUT2D eigenvalue weighted by molar-refractivity contribution is 9.09. The first-order chi connectivity index (χ1) is 6.77. The molecule has 0 aliphatic heterocycles.